The molecule has 0 spiro atoms. The Bertz CT molecular complexity index is 1460. The molecule has 9 nitrogen and oxygen atoms in total. The molecule has 1 heterocycles. The normalized spacial score (nSPS) is 13.4. The second-order valence-electron chi connectivity index (χ2n) is 8.50. The third-order valence-electron chi connectivity index (χ3n) is 5.78. The Balaban J connectivity index is 1.53. The standard InChI is InChI=1S/C28H29N2O7P/c1-30(25-20-27(31)36-26-16-10-9-15-23(25)26)17-18-35-38(33,37-22-13-7-4-8-14-22)29-24(28(32)34-2)19-21-11-5-3-6-12-21/h3-16,20,24H,17-19H2,1-2H3,(H,29,33). The number of methoxy groups -OCH3 is 1. The van der Waals surface area contributed by atoms with Gasteiger partial charge < -0.3 is 18.6 Å². The van der Waals surface area contributed by atoms with Gasteiger partial charge in [0, 0.05) is 25.0 Å². The number of nitrogens with zero attached hydrogens (tertiary/aromatic N) is 1. The van der Waals surface area contributed by atoms with Crippen LogP contribution in [0.25, 0.3) is 11.0 Å². The van der Waals surface area contributed by atoms with Crippen molar-refractivity contribution in [2.45, 2.75) is 12.5 Å². The van der Waals surface area contributed by atoms with Crippen LogP contribution in [0.1, 0.15) is 5.56 Å². The molecule has 0 fully saturated rings. The number of nitrogens with one attached hydrogen (secondary N) is 1. The van der Waals surface area contributed by atoms with Gasteiger partial charge in [-0.2, -0.15) is 5.09 Å². The average Bonchev–Trinajstić information content (AvgIpc) is 2.92. The predicted molar refractivity (Wildman–Crippen MR) is 145 cm³/mol. The fraction of sp³-hybridized carbons (Fsp3) is 0.214. The van der Waals surface area contributed by atoms with Gasteiger partial charge in [0.15, 0.2) is 0 Å². The summed E-state index contributed by atoms with van der Waals surface area (Å²) >= 11 is 0. The summed E-state index contributed by atoms with van der Waals surface area (Å²) in [6.07, 6.45) is 0.213. The largest absolute Gasteiger partial charge is 0.468 e. The van der Waals surface area contributed by atoms with E-state index in [1.807, 2.05) is 42.5 Å². The minimum atomic E-state index is -4.06. The lowest BCUT2D eigenvalue weighted by Crippen LogP contribution is -2.39. The molecule has 4 aromatic rings. The molecule has 4 rings (SSSR count). The average molecular weight is 537 g/mol. The number of carbonyl (C=O) groups is 1. The lowest BCUT2D eigenvalue weighted by atomic mass is 10.1. The van der Waals surface area contributed by atoms with Gasteiger partial charge in [0.2, 0.25) is 0 Å². The molecule has 0 amide bonds. The molecule has 38 heavy (non-hydrogen) atoms. The second kappa shape index (κ2) is 12.6. The molecule has 1 aromatic heterocycles. The van der Waals surface area contributed by atoms with Crippen LogP contribution in [0.2, 0.25) is 0 Å². The highest BCUT2D eigenvalue weighted by Gasteiger charge is 2.34. The number of carbonyl (C=O) groups excluding carboxylic acids is 1. The number of anilines is 1. The van der Waals surface area contributed by atoms with E-state index in [2.05, 4.69) is 5.09 Å². The minimum Gasteiger partial charge on any atom is -0.468 e. The van der Waals surface area contributed by atoms with E-state index in [4.69, 9.17) is 18.2 Å². The third-order valence-corrected chi connectivity index (χ3v) is 7.38. The Kier molecular flexibility index (Phi) is 8.97. The summed E-state index contributed by atoms with van der Waals surface area (Å²) in [5.74, 6) is -0.291. The topological polar surface area (TPSA) is 107 Å². The number of para-hydroxylation sites is 2. The Labute approximate surface area is 220 Å². The van der Waals surface area contributed by atoms with Crippen LogP contribution in [-0.4, -0.2) is 39.3 Å². The van der Waals surface area contributed by atoms with Gasteiger partial charge in [-0.15, -0.1) is 0 Å². The molecule has 2 atom stereocenters. The first-order valence-electron chi connectivity index (χ1n) is 12.0. The van der Waals surface area contributed by atoms with E-state index in [9.17, 15) is 14.2 Å². The van der Waals surface area contributed by atoms with Crippen LogP contribution in [0.5, 0.6) is 5.75 Å². The van der Waals surface area contributed by atoms with Gasteiger partial charge in [0.25, 0.3) is 0 Å². The van der Waals surface area contributed by atoms with Gasteiger partial charge in [-0.1, -0.05) is 60.7 Å². The van der Waals surface area contributed by atoms with E-state index < -0.39 is 25.4 Å². The lowest BCUT2D eigenvalue weighted by Gasteiger charge is -2.26. The first kappa shape index (κ1) is 27.1. The highest BCUT2D eigenvalue weighted by molar-refractivity contribution is 7.52. The van der Waals surface area contributed by atoms with Crippen molar-refractivity contribution in [3.63, 3.8) is 0 Å². The number of hydrogen-bond acceptors (Lipinski definition) is 8. The summed E-state index contributed by atoms with van der Waals surface area (Å²) in [6, 6.07) is 25.5. The molecule has 0 bridgehead atoms. The zero-order valence-electron chi connectivity index (χ0n) is 21.1. The van der Waals surface area contributed by atoms with Gasteiger partial charge in [-0.05, 0) is 36.2 Å². The molecule has 0 radical (unpaired) electrons. The molecule has 198 valence electrons. The Morgan fingerprint density at radius 1 is 1.00 bits per heavy atom. The fourth-order valence-electron chi connectivity index (χ4n) is 3.90. The van der Waals surface area contributed by atoms with Crippen molar-refractivity contribution in [2.24, 2.45) is 0 Å². The summed E-state index contributed by atoms with van der Waals surface area (Å²) in [5.41, 5.74) is 1.47. The minimum absolute atomic E-state index is 0.0403. The summed E-state index contributed by atoms with van der Waals surface area (Å²) < 4.78 is 35.7. The van der Waals surface area contributed by atoms with Gasteiger partial charge in [-0.25, -0.2) is 9.36 Å². The number of fused-ring (bicyclic) bond motifs is 1. The smallest absolute Gasteiger partial charge is 0.459 e. The maximum absolute atomic E-state index is 13.9. The van der Waals surface area contributed by atoms with Gasteiger partial charge in [-0.3, -0.25) is 9.32 Å². The summed E-state index contributed by atoms with van der Waals surface area (Å²) in [7, 11) is -1.01. The van der Waals surface area contributed by atoms with Crippen molar-refractivity contribution in [1.82, 2.24) is 5.09 Å². The number of benzene rings is 3. The fourth-order valence-corrected chi connectivity index (χ4v) is 5.38. The van der Waals surface area contributed by atoms with Crippen LogP contribution in [0.4, 0.5) is 5.69 Å². The first-order chi connectivity index (χ1) is 18.4. The molecular formula is C28H29N2O7P. The van der Waals surface area contributed by atoms with Crippen LogP contribution in [0, 0.1) is 0 Å². The van der Waals surface area contributed by atoms with E-state index in [-0.39, 0.29) is 19.6 Å². The van der Waals surface area contributed by atoms with Crippen molar-refractivity contribution < 1.29 is 27.6 Å². The van der Waals surface area contributed by atoms with E-state index >= 15 is 0 Å². The van der Waals surface area contributed by atoms with E-state index in [1.165, 1.54) is 13.2 Å². The van der Waals surface area contributed by atoms with Crippen molar-refractivity contribution >= 4 is 30.4 Å². The maximum atomic E-state index is 13.9. The van der Waals surface area contributed by atoms with Crippen molar-refractivity contribution in [2.75, 3.05) is 32.2 Å². The summed E-state index contributed by atoms with van der Waals surface area (Å²) in [5, 5.41) is 3.54. The number of esters is 1. The molecule has 0 aliphatic heterocycles. The number of ether oxygens (including phenoxy) is 1. The Hall–Kier alpha value is -3.91. The van der Waals surface area contributed by atoms with E-state index in [0.717, 1.165) is 10.9 Å². The van der Waals surface area contributed by atoms with Crippen LogP contribution >= 0.6 is 7.75 Å². The van der Waals surface area contributed by atoms with Gasteiger partial charge >= 0.3 is 19.3 Å². The van der Waals surface area contributed by atoms with Crippen LogP contribution in [0.15, 0.2) is 100 Å². The molecule has 3 aromatic carbocycles. The lowest BCUT2D eigenvalue weighted by molar-refractivity contribution is -0.142. The van der Waals surface area contributed by atoms with Crippen LogP contribution in [0.3, 0.4) is 0 Å². The van der Waals surface area contributed by atoms with Crippen molar-refractivity contribution in [1.29, 1.82) is 0 Å². The molecule has 0 aliphatic rings. The van der Waals surface area contributed by atoms with Crippen molar-refractivity contribution in [3.05, 3.63) is 107 Å². The van der Waals surface area contributed by atoms with E-state index in [1.54, 1.807) is 54.4 Å². The first-order valence-corrected chi connectivity index (χ1v) is 13.5. The monoisotopic (exact) mass is 536 g/mol. The molecule has 10 heteroatoms. The molecule has 2 unspecified atom stereocenters. The second-order valence-corrected chi connectivity index (χ2v) is 10.2. The predicted octanol–water partition coefficient (Wildman–Crippen LogP) is 4.81. The van der Waals surface area contributed by atoms with Crippen LogP contribution < -0.4 is 20.1 Å². The zero-order chi connectivity index (χ0) is 27.0. The maximum Gasteiger partial charge on any atom is 0.459 e. The SMILES string of the molecule is COC(=O)C(Cc1ccccc1)NP(=O)(OCCN(C)c1cc(=O)oc2ccccc12)Oc1ccccc1. The molecule has 0 aliphatic carbocycles. The molecule has 0 saturated heterocycles. The quantitative estimate of drug-likeness (QED) is 0.155. The van der Waals surface area contributed by atoms with E-state index in [0.29, 0.717) is 17.0 Å². The van der Waals surface area contributed by atoms with Crippen LogP contribution in [-0.2, 0) is 25.0 Å². The van der Waals surface area contributed by atoms with Crippen molar-refractivity contribution in [3.8, 4) is 5.75 Å². The third kappa shape index (κ3) is 7.10. The summed E-state index contributed by atoms with van der Waals surface area (Å²) in [6.45, 7) is 0.222. The number of hydrogen-bond donors (Lipinski definition) is 1. The Morgan fingerprint density at radius 2 is 1.66 bits per heavy atom. The molecular weight excluding hydrogens is 507 g/mol. The molecule has 0 saturated carbocycles. The zero-order valence-corrected chi connectivity index (χ0v) is 22.0. The summed E-state index contributed by atoms with van der Waals surface area (Å²) in [4.78, 5) is 26.5. The van der Waals surface area contributed by atoms with Gasteiger partial charge in [0.1, 0.15) is 17.4 Å². The van der Waals surface area contributed by atoms with Gasteiger partial charge in [0.05, 0.1) is 19.4 Å². The molecule has 1 N–H and O–H groups in total. The highest BCUT2D eigenvalue weighted by Crippen LogP contribution is 2.45. The Morgan fingerprint density at radius 3 is 2.37 bits per heavy atom. The number of rotatable bonds is 12. The number of likely N-dealkylation sites (N-methyl/N-ethyl adjacent to an activating group) is 1. The highest BCUT2D eigenvalue weighted by atomic mass is 31.2.